The molecule has 0 amide bonds. The third-order valence-corrected chi connectivity index (χ3v) is 3.58. The second-order valence-electron chi connectivity index (χ2n) is 5.92. The van der Waals surface area contributed by atoms with Gasteiger partial charge in [-0.2, -0.15) is 5.26 Å². The van der Waals surface area contributed by atoms with Gasteiger partial charge in [0.2, 0.25) is 0 Å². The molecule has 3 heteroatoms. The van der Waals surface area contributed by atoms with Gasteiger partial charge in [-0.05, 0) is 52.1 Å². The number of hydrogen-bond donors (Lipinski definition) is 1. The normalized spacial score (nSPS) is 19.4. The van der Waals surface area contributed by atoms with Crippen LogP contribution in [0.3, 0.4) is 0 Å². The van der Waals surface area contributed by atoms with Gasteiger partial charge in [0.05, 0.1) is 6.07 Å². The van der Waals surface area contributed by atoms with Crippen LogP contribution in [0.1, 0.15) is 46.5 Å². The molecule has 98 valence electrons. The first kappa shape index (κ1) is 14.5. The van der Waals surface area contributed by atoms with Crippen molar-refractivity contribution in [2.75, 3.05) is 20.1 Å². The first-order valence-electron chi connectivity index (χ1n) is 6.85. The second-order valence-corrected chi connectivity index (χ2v) is 5.92. The quantitative estimate of drug-likeness (QED) is 0.704. The Labute approximate surface area is 106 Å². The van der Waals surface area contributed by atoms with E-state index in [9.17, 15) is 0 Å². The summed E-state index contributed by atoms with van der Waals surface area (Å²) in [5, 5.41) is 12.2. The van der Waals surface area contributed by atoms with Crippen LogP contribution in [0.25, 0.3) is 0 Å². The van der Waals surface area contributed by atoms with E-state index in [-0.39, 0.29) is 5.54 Å². The van der Waals surface area contributed by atoms with Crippen LogP contribution in [0.15, 0.2) is 0 Å². The maximum Gasteiger partial charge on any atom is 0.103 e. The van der Waals surface area contributed by atoms with Gasteiger partial charge in [0.25, 0.3) is 0 Å². The Morgan fingerprint density at radius 1 is 1.47 bits per heavy atom. The molecular formula is C14H27N3. The van der Waals surface area contributed by atoms with Gasteiger partial charge in [0.1, 0.15) is 5.54 Å². The van der Waals surface area contributed by atoms with Gasteiger partial charge in [0, 0.05) is 12.6 Å². The highest BCUT2D eigenvalue weighted by Gasteiger charge is 2.29. The van der Waals surface area contributed by atoms with Crippen molar-refractivity contribution in [2.45, 2.75) is 58.0 Å². The van der Waals surface area contributed by atoms with E-state index in [2.05, 4.69) is 30.1 Å². The standard InChI is InChI=1S/C14H27N3/c1-12(2)10-17(13-6-7-13)9-5-8-14(3,11-15)16-4/h12-13,16H,5-10H2,1-4H3. The summed E-state index contributed by atoms with van der Waals surface area (Å²) in [5.41, 5.74) is -0.354. The van der Waals surface area contributed by atoms with Gasteiger partial charge in [-0.3, -0.25) is 0 Å². The van der Waals surface area contributed by atoms with E-state index in [4.69, 9.17) is 5.26 Å². The predicted molar refractivity (Wildman–Crippen MR) is 71.7 cm³/mol. The molecule has 1 fully saturated rings. The summed E-state index contributed by atoms with van der Waals surface area (Å²) in [6.45, 7) is 8.89. The molecule has 1 rings (SSSR count). The molecule has 0 aromatic carbocycles. The maximum atomic E-state index is 9.09. The van der Waals surface area contributed by atoms with Gasteiger partial charge in [0.15, 0.2) is 0 Å². The van der Waals surface area contributed by atoms with Crippen molar-refractivity contribution < 1.29 is 0 Å². The highest BCUT2D eigenvalue weighted by Crippen LogP contribution is 2.28. The van der Waals surface area contributed by atoms with Crippen molar-refractivity contribution in [3.8, 4) is 6.07 Å². The van der Waals surface area contributed by atoms with E-state index in [1.165, 1.54) is 19.4 Å². The Bertz CT molecular complexity index is 265. The monoisotopic (exact) mass is 237 g/mol. The summed E-state index contributed by atoms with van der Waals surface area (Å²) >= 11 is 0. The lowest BCUT2D eigenvalue weighted by atomic mass is 9.98. The van der Waals surface area contributed by atoms with Crippen LogP contribution in [-0.4, -0.2) is 36.6 Å². The highest BCUT2D eigenvalue weighted by atomic mass is 15.2. The van der Waals surface area contributed by atoms with Crippen molar-refractivity contribution in [3.05, 3.63) is 0 Å². The Kier molecular flexibility index (Phi) is 5.42. The molecule has 1 unspecified atom stereocenters. The highest BCUT2D eigenvalue weighted by molar-refractivity contribution is 5.02. The van der Waals surface area contributed by atoms with Crippen LogP contribution in [-0.2, 0) is 0 Å². The third kappa shape index (κ3) is 5.06. The average Bonchev–Trinajstić information content (AvgIpc) is 3.11. The fourth-order valence-electron chi connectivity index (χ4n) is 2.20. The number of nitrogens with one attached hydrogen (secondary N) is 1. The Hall–Kier alpha value is -0.590. The molecule has 3 nitrogen and oxygen atoms in total. The van der Waals surface area contributed by atoms with Crippen LogP contribution in [0.5, 0.6) is 0 Å². The number of rotatable bonds is 8. The lowest BCUT2D eigenvalue weighted by Crippen LogP contribution is -2.39. The van der Waals surface area contributed by atoms with Crippen LogP contribution in [0, 0.1) is 17.2 Å². The number of hydrogen-bond acceptors (Lipinski definition) is 3. The van der Waals surface area contributed by atoms with E-state index < -0.39 is 0 Å². The molecule has 0 aromatic rings. The first-order chi connectivity index (χ1) is 8.00. The second kappa shape index (κ2) is 6.37. The zero-order valence-electron chi connectivity index (χ0n) is 11.8. The molecule has 0 aromatic heterocycles. The smallest absolute Gasteiger partial charge is 0.103 e. The summed E-state index contributed by atoms with van der Waals surface area (Å²) in [5.74, 6) is 0.738. The fourth-order valence-corrected chi connectivity index (χ4v) is 2.20. The van der Waals surface area contributed by atoms with Crippen LogP contribution >= 0.6 is 0 Å². The van der Waals surface area contributed by atoms with Crippen molar-refractivity contribution in [3.63, 3.8) is 0 Å². The largest absolute Gasteiger partial charge is 0.303 e. The molecule has 0 spiro atoms. The first-order valence-corrected chi connectivity index (χ1v) is 6.85. The molecule has 17 heavy (non-hydrogen) atoms. The summed E-state index contributed by atoms with van der Waals surface area (Å²) in [7, 11) is 1.87. The van der Waals surface area contributed by atoms with E-state index in [1.807, 2.05) is 14.0 Å². The SMILES string of the molecule is CNC(C)(C#N)CCCN(CC(C)C)C1CC1. The van der Waals surface area contributed by atoms with Gasteiger partial charge < -0.3 is 10.2 Å². The van der Waals surface area contributed by atoms with Crippen molar-refractivity contribution in [1.29, 1.82) is 5.26 Å². The van der Waals surface area contributed by atoms with E-state index in [0.717, 1.165) is 31.3 Å². The lowest BCUT2D eigenvalue weighted by Gasteiger charge is -2.26. The average molecular weight is 237 g/mol. The third-order valence-electron chi connectivity index (χ3n) is 3.58. The summed E-state index contributed by atoms with van der Waals surface area (Å²) in [4.78, 5) is 2.61. The number of nitriles is 1. The molecule has 1 saturated carbocycles. The molecule has 1 N–H and O–H groups in total. The number of nitrogens with zero attached hydrogens (tertiary/aromatic N) is 2. The molecule has 0 radical (unpaired) electrons. The molecule has 1 atom stereocenters. The van der Waals surface area contributed by atoms with Crippen LogP contribution < -0.4 is 5.32 Å². The summed E-state index contributed by atoms with van der Waals surface area (Å²) < 4.78 is 0. The van der Waals surface area contributed by atoms with Crippen molar-refractivity contribution in [2.24, 2.45) is 5.92 Å². The molecule has 0 aliphatic heterocycles. The topological polar surface area (TPSA) is 39.1 Å². The summed E-state index contributed by atoms with van der Waals surface area (Å²) in [6.07, 6.45) is 4.78. The van der Waals surface area contributed by atoms with Crippen molar-refractivity contribution in [1.82, 2.24) is 10.2 Å². The Morgan fingerprint density at radius 2 is 2.12 bits per heavy atom. The predicted octanol–water partition coefficient (Wildman–Crippen LogP) is 2.39. The molecule has 0 saturated heterocycles. The molecule has 1 aliphatic rings. The lowest BCUT2D eigenvalue weighted by molar-refractivity contribution is 0.224. The van der Waals surface area contributed by atoms with Gasteiger partial charge >= 0.3 is 0 Å². The van der Waals surface area contributed by atoms with E-state index in [1.54, 1.807) is 0 Å². The minimum absolute atomic E-state index is 0.354. The Balaban J connectivity index is 2.30. The van der Waals surface area contributed by atoms with Crippen LogP contribution in [0.2, 0.25) is 0 Å². The zero-order valence-corrected chi connectivity index (χ0v) is 11.8. The molecule has 0 bridgehead atoms. The van der Waals surface area contributed by atoms with E-state index >= 15 is 0 Å². The molecule has 0 heterocycles. The fraction of sp³-hybridized carbons (Fsp3) is 0.929. The van der Waals surface area contributed by atoms with Gasteiger partial charge in [-0.15, -0.1) is 0 Å². The summed E-state index contributed by atoms with van der Waals surface area (Å²) in [6, 6.07) is 3.19. The van der Waals surface area contributed by atoms with E-state index in [0.29, 0.717) is 0 Å². The van der Waals surface area contributed by atoms with Gasteiger partial charge in [-0.25, -0.2) is 0 Å². The van der Waals surface area contributed by atoms with Crippen molar-refractivity contribution >= 4 is 0 Å². The Morgan fingerprint density at radius 3 is 2.53 bits per heavy atom. The van der Waals surface area contributed by atoms with Crippen LogP contribution in [0.4, 0.5) is 0 Å². The molecular weight excluding hydrogens is 210 g/mol. The maximum absolute atomic E-state index is 9.09. The van der Waals surface area contributed by atoms with Gasteiger partial charge in [-0.1, -0.05) is 13.8 Å². The molecule has 1 aliphatic carbocycles. The minimum Gasteiger partial charge on any atom is -0.303 e. The minimum atomic E-state index is -0.354. The zero-order chi connectivity index (χ0) is 12.9.